The first kappa shape index (κ1) is 27.1. The van der Waals surface area contributed by atoms with Gasteiger partial charge in [-0.15, -0.1) is 0 Å². The summed E-state index contributed by atoms with van der Waals surface area (Å²) >= 11 is 0. The first-order valence-electron chi connectivity index (χ1n) is 12.3. The van der Waals surface area contributed by atoms with Crippen LogP contribution in [0.5, 0.6) is 0 Å². The lowest BCUT2D eigenvalue weighted by Gasteiger charge is -2.23. The Hall–Kier alpha value is -3.98. The normalized spacial score (nSPS) is 14.7. The molecule has 0 bridgehead atoms. The maximum Gasteiger partial charge on any atom is 0.416 e. The second-order valence-corrected chi connectivity index (χ2v) is 9.20. The molecule has 6 nitrogen and oxygen atoms in total. The average molecular weight is 523 g/mol. The van der Waals surface area contributed by atoms with Crippen molar-refractivity contribution in [3.05, 3.63) is 94.7 Å². The summed E-state index contributed by atoms with van der Waals surface area (Å²) in [4.78, 5) is 12.6. The van der Waals surface area contributed by atoms with Gasteiger partial charge in [-0.1, -0.05) is 24.3 Å². The summed E-state index contributed by atoms with van der Waals surface area (Å²) in [5.74, 6) is -0.00626. The standard InChI is InChI=1S/C29H29F3N4O2/c1-18-25(21-5-3-19(4-6-21)20-11-13-34-14-12-20)15-22(16-26(18)28(37)38-2)27(36-33)17-35-24-9-7-23(8-10-24)29(30,31)32/h3-10,15-17,20,33-35H,11-14H2,1-2H3/b27-17-,36-33?. The zero-order valence-electron chi connectivity index (χ0n) is 21.2. The molecule has 1 heterocycles. The van der Waals surface area contributed by atoms with Crippen molar-refractivity contribution < 1.29 is 22.7 Å². The number of hydrogen-bond acceptors (Lipinski definition) is 6. The molecule has 4 rings (SSSR count). The van der Waals surface area contributed by atoms with Gasteiger partial charge in [0.25, 0.3) is 0 Å². The van der Waals surface area contributed by atoms with Crippen molar-refractivity contribution in [2.24, 2.45) is 5.11 Å². The van der Waals surface area contributed by atoms with E-state index < -0.39 is 17.7 Å². The molecule has 3 aromatic carbocycles. The maximum atomic E-state index is 12.9. The third-order valence-corrected chi connectivity index (χ3v) is 6.85. The minimum absolute atomic E-state index is 0.197. The molecule has 3 N–H and O–H groups in total. The van der Waals surface area contributed by atoms with E-state index in [-0.39, 0.29) is 5.70 Å². The van der Waals surface area contributed by atoms with Crippen molar-refractivity contribution in [1.82, 2.24) is 5.32 Å². The SMILES string of the molecule is COC(=O)c1cc(/C(=C/Nc2ccc(C(F)(F)F)cc2)N=N)cc(-c2ccc(C3CCNCC3)cc2)c1C. The van der Waals surface area contributed by atoms with E-state index >= 15 is 0 Å². The van der Waals surface area contributed by atoms with Gasteiger partial charge in [0.15, 0.2) is 0 Å². The summed E-state index contributed by atoms with van der Waals surface area (Å²) in [7, 11) is 1.31. The van der Waals surface area contributed by atoms with Crippen LogP contribution in [0.3, 0.4) is 0 Å². The van der Waals surface area contributed by atoms with Crippen LogP contribution in [0, 0.1) is 12.5 Å². The van der Waals surface area contributed by atoms with E-state index in [1.807, 2.05) is 25.1 Å². The van der Waals surface area contributed by atoms with E-state index in [0.717, 1.165) is 54.8 Å². The molecule has 0 atom stereocenters. The highest BCUT2D eigenvalue weighted by Gasteiger charge is 2.30. The number of benzene rings is 3. The maximum absolute atomic E-state index is 12.9. The predicted molar refractivity (Wildman–Crippen MR) is 141 cm³/mol. The smallest absolute Gasteiger partial charge is 0.416 e. The van der Waals surface area contributed by atoms with E-state index in [1.54, 1.807) is 6.07 Å². The van der Waals surface area contributed by atoms with Crippen LogP contribution >= 0.6 is 0 Å². The molecule has 0 amide bonds. The quantitative estimate of drug-likeness (QED) is 0.223. The van der Waals surface area contributed by atoms with Crippen LogP contribution in [0.1, 0.15) is 51.4 Å². The summed E-state index contributed by atoms with van der Waals surface area (Å²) in [6.07, 6.45) is -0.827. The van der Waals surface area contributed by atoms with Crippen molar-refractivity contribution in [2.45, 2.75) is 31.9 Å². The van der Waals surface area contributed by atoms with Gasteiger partial charge in [-0.2, -0.15) is 18.3 Å². The van der Waals surface area contributed by atoms with Crippen LogP contribution in [-0.4, -0.2) is 26.2 Å². The highest BCUT2D eigenvalue weighted by atomic mass is 19.4. The molecule has 1 aliphatic rings. The number of nitrogens with one attached hydrogen (secondary N) is 3. The van der Waals surface area contributed by atoms with Gasteiger partial charge >= 0.3 is 12.1 Å². The molecule has 1 aliphatic heterocycles. The van der Waals surface area contributed by atoms with Gasteiger partial charge in [0.05, 0.1) is 18.2 Å². The van der Waals surface area contributed by atoms with E-state index in [2.05, 4.69) is 27.9 Å². The topological polar surface area (TPSA) is 86.6 Å². The molecule has 0 aromatic heterocycles. The third kappa shape index (κ3) is 6.11. The summed E-state index contributed by atoms with van der Waals surface area (Å²) in [5.41, 5.74) is 12.1. The number of hydrogen-bond donors (Lipinski definition) is 3. The van der Waals surface area contributed by atoms with Gasteiger partial charge < -0.3 is 15.4 Å². The Morgan fingerprint density at radius 2 is 1.74 bits per heavy atom. The number of nitrogens with zero attached hydrogens (tertiary/aromatic N) is 1. The number of anilines is 1. The van der Waals surface area contributed by atoms with Crippen LogP contribution in [0.15, 0.2) is 72.0 Å². The molecule has 1 saturated heterocycles. The van der Waals surface area contributed by atoms with Gasteiger partial charge in [0, 0.05) is 17.5 Å². The number of piperidine rings is 1. The van der Waals surface area contributed by atoms with E-state index in [4.69, 9.17) is 10.3 Å². The molecule has 1 fully saturated rings. The van der Waals surface area contributed by atoms with Crippen molar-refractivity contribution in [3.63, 3.8) is 0 Å². The van der Waals surface area contributed by atoms with Gasteiger partial charge in [0.2, 0.25) is 0 Å². The molecule has 0 radical (unpaired) electrons. The van der Waals surface area contributed by atoms with Crippen LogP contribution in [0.4, 0.5) is 18.9 Å². The number of halogens is 3. The molecule has 0 spiro atoms. The van der Waals surface area contributed by atoms with Gasteiger partial charge in [-0.25, -0.2) is 10.3 Å². The molecular weight excluding hydrogens is 493 g/mol. The van der Waals surface area contributed by atoms with Gasteiger partial charge in [-0.05, 0) is 97.4 Å². The fourth-order valence-electron chi connectivity index (χ4n) is 4.66. The number of alkyl halides is 3. The van der Waals surface area contributed by atoms with Gasteiger partial charge in [-0.3, -0.25) is 0 Å². The molecule has 38 heavy (non-hydrogen) atoms. The van der Waals surface area contributed by atoms with Crippen LogP contribution in [-0.2, 0) is 10.9 Å². The molecule has 0 unspecified atom stereocenters. The van der Waals surface area contributed by atoms with Gasteiger partial charge in [0.1, 0.15) is 5.70 Å². The third-order valence-electron chi connectivity index (χ3n) is 6.85. The number of rotatable bonds is 7. The Kier molecular flexibility index (Phi) is 8.26. The van der Waals surface area contributed by atoms with Crippen LogP contribution in [0.2, 0.25) is 0 Å². The van der Waals surface area contributed by atoms with Crippen LogP contribution < -0.4 is 10.6 Å². The van der Waals surface area contributed by atoms with E-state index in [1.165, 1.54) is 31.0 Å². The van der Waals surface area contributed by atoms with E-state index in [9.17, 15) is 18.0 Å². The number of carbonyl (C=O) groups is 1. The molecule has 9 heteroatoms. The molecule has 198 valence electrons. The second kappa shape index (κ2) is 11.6. The Morgan fingerprint density at radius 3 is 2.32 bits per heavy atom. The van der Waals surface area contributed by atoms with E-state index in [0.29, 0.717) is 22.7 Å². The number of carbonyl (C=O) groups excluding carboxylic acids is 1. The Balaban J connectivity index is 1.68. The molecular formula is C29H29F3N4O2. The Morgan fingerprint density at radius 1 is 1.08 bits per heavy atom. The lowest BCUT2D eigenvalue weighted by molar-refractivity contribution is -0.137. The summed E-state index contributed by atoms with van der Waals surface area (Å²) < 4.78 is 43.6. The van der Waals surface area contributed by atoms with Crippen molar-refractivity contribution in [2.75, 3.05) is 25.5 Å². The zero-order chi connectivity index (χ0) is 27.3. The second-order valence-electron chi connectivity index (χ2n) is 9.20. The van der Waals surface area contributed by atoms with Crippen molar-refractivity contribution >= 4 is 17.4 Å². The Bertz CT molecular complexity index is 1330. The highest BCUT2D eigenvalue weighted by Crippen LogP contribution is 2.34. The lowest BCUT2D eigenvalue weighted by atomic mass is 9.88. The fraction of sp³-hybridized carbons (Fsp3) is 0.276. The summed E-state index contributed by atoms with van der Waals surface area (Å²) in [6, 6.07) is 16.3. The highest BCUT2D eigenvalue weighted by molar-refractivity contribution is 5.95. The first-order chi connectivity index (χ1) is 18.2. The molecule has 0 saturated carbocycles. The average Bonchev–Trinajstić information content (AvgIpc) is 2.94. The predicted octanol–water partition coefficient (Wildman–Crippen LogP) is 7.38. The number of ether oxygens (including phenoxy) is 1. The first-order valence-corrected chi connectivity index (χ1v) is 12.3. The lowest BCUT2D eigenvalue weighted by Crippen LogP contribution is -2.26. The Labute approximate surface area is 219 Å². The number of esters is 1. The monoisotopic (exact) mass is 522 g/mol. The summed E-state index contributed by atoms with van der Waals surface area (Å²) in [6.45, 7) is 3.85. The van der Waals surface area contributed by atoms with Crippen LogP contribution in [0.25, 0.3) is 16.8 Å². The summed E-state index contributed by atoms with van der Waals surface area (Å²) in [5, 5.41) is 9.87. The number of methoxy groups -OCH3 is 1. The fourth-order valence-corrected chi connectivity index (χ4v) is 4.66. The van der Waals surface area contributed by atoms with Crippen molar-refractivity contribution in [1.29, 1.82) is 5.53 Å². The van der Waals surface area contributed by atoms with Crippen molar-refractivity contribution in [3.8, 4) is 11.1 Å². The largest absolute Gasteiger partial charge is 0.465 e. The minimum atomic E-state index is -4.43. The molecule has 3 aromatic rings. The molecule has 0 aliphatic carbocycles. The minimum Gasteiger partial charge on any atom is -0.465 e. The zero-order valence-corrected chi connectivity index (χ0v) is 21.2.